The summed E-state index contributed by atoms with van der Waals surface area (Å²) in [4.78, 5) is 14.2. The van der Waals surface area contributed by atoms with E-state index in [1.165, 1.54) is 0 Å². The summed E-state index contributed by atoms with van der Waals surface area (Å²) in [5.41, 5.74) is 3.28. The zero-order valence-electron chi connectivity index (χ0n) is 12.5. The van der Waals surface area contributed by atoms with Gasteiger partial charge in [-0.25, -0.2) is 9.97 Å². The standard InChI is InChI=1S/C17H15N5O/c18-9-12-3-1-2-4-13(12)14-10-19-16-15(14)17(21-11-20-16)22-5-7-23-8-6-22/h1-4,10-11H,5-8H2,(H,19,20,21). The monoisotopic (exact) mass is 305 g/mol. The fraction of sp³-hybridized carbons (Fsp3) is 0.235. The zero-order chi connectivity index (χ0) is 15.6. The van der Waals surface area contributed by atoms with Crippen LogP contribution in [-0.4, -0.2) is 41.3 Å². The molecular weight excluding hydrogens is 290 g/mol. The highest BCUT2D eigenvalue weighted by Crippen LogP contribution is 2.35. The lowest BCUT2D eigenvalue weighted by Crippen LogP contribution is -2.36. The number of ether oxygens (including phenoxy) is 1. The molecule has 1 aliphatic rings. The molecular formula is C17H15N5O. The van der Waals surface area contributed by atoms with Crippen LogP contribution in [0.4, 0.5) is 5.82 Å². The molecule has 0 saturated carbocycles. The van der Waals surface area contributed by atoms with Gasteiger partial charge >= 0.3 is 0 Å². The predicted molar refractivity (Wildman–Crippen MR) is 87.1 cm³/mol. The van der Waals surface area contributed by atoms with Gasteiger partial charge in [0.2, 0.25) is 0 Å². The molecule has 1 aromatic carbocycles. The predicted octanol–water partition coefficient (Wildman–Crippen LogP) is 2.33. The van der Waals surface area contributed by atoms with Gasteiger partial charge < -0.3 is 14.6 Å². The van der Waals surface area contributed by atoms with Crippen molar-refractivity contribution in [3.05, 3.63) is 42.4 Å². The van der Waals surface area contributed by atoms with Crippen LogP contribution in [0.3, 0.4) is 0 Å². The Kier molecular flexibility index (Phi) is 3.41. The third kappa shape index (κ3) is 2.31. The number of nitrogens with one attached hydrogen (secondary N) is 1. The molecule has 4 rings (SSSR count). The van der Waals surface area contributed by atoms with Crippen molar-refractivity contribution in [2.24, 2.45) is 0 Å². The first kappa shape index (κ1) is 13.7. The van der Waals surface area contributed by atoms with Crippen molar-refractivity contribution in [1.29, 1.82) is 5.26 Å². The molecule has 0 aliphatic carbocycles. The smallest absolute Gasteiger partial charge is 0.143 e. The summed E-state index contributed by atoms with van der Waals surface area (Å²) >= 11 is 0. The molecule has 1 N–H and O–H groups in total. The summed E-state index contributed by atoms with van der Waals surface area (Å²) in [6, 6.07) is 9.85. The highest BCUT2D eigenvalue weighted by atomic mass is 16.5. The summed E-state index contributed by atoms with van der Waals surface area (Å²) in [5.74, 6) is 0.891. The average Bonchev–Trinajstić information content (AvgIpc) is 3.06. The van der Waals surface area contributed by atoms with Gasteiger partial charge in [-0.3, -0.25) is 0 Å². The third-order valence-corrected chi connectivity index (χ3v) is 4.10. The number of nitrogens with zero attached hydrogens (tertiary/aromatic N) is 4. The maximum Gasteiger partial charge on any atom is 0.143 e. The van der Waals surface area contributed by atoms with Crippen molar-refractivity contribution in [1.82, 2.24) is 15.0 Å². The van der Waals surface area contributed by atoms with Crippen LogP contribution >= 0.6 is 0 Å². The van der Waals surface area contributed by atoms with Crippen LogP contribution in [0.15, 0.2) is 36.8 Å². The first-order chi connectivity index (χ1) is 11.4. The molecule has 1 fully saturated rings. The lowest BCUT2D eigenvalue weighted by molar-refractivity contribution is 0.122. The number of rotatable bonds is 2. The number of hydrogen-bond acceptors (Lipinski definition) is 5. The highest BCUT2D eigenvalue weighted by Gasteiger charge is 2.20. The van der Waals surface area contributed by atoms with Gasteiger partial charge in [0.25, 0.3) is 0 Å². The minimum Gasteiger partial charge on any atom is -0.378 e. The van der Waals surface area contributed by atoms with E-state index in [9.17, 15) is 5.26 Å². The number of aromatic amines is 1. The van der Waals surface area contributed by atoms with Crippen LogP contribution in [0.1, 0.15) is 5.56 Å². The van der Waals surface area contributed by atoms with Gasteiger partial charge in [-0.2, -0.15) is 5.26 Å². The summed E-state index contributed by atoms with van der Waals surface area (Å²) in [6.07, 6.45) is 3.48. The second-order valence-electron chi connectivity index (χ2n) is 5.38. The quantitative estimate of drug-likeness (QED) is 0.786. The first-order valence-corrected chi connectivity index (χ1v) is 7.53. The minimum absolute atomic E-state index is 0.644. The summed E-state index contributed by atoms with van der Waals surface area (Å²) in [7, 11) is 0. The van der Waals surface area contributed by atoms with Gasteiger partial charge in [-0.15, -0.1) is 0 Å². The molecule has 0 bridgehead atoms. The number of anilines is 1. The van der Waals surface area contributed by atoms with Gasteiger partial charge in [0.15, 0.2) is 0 Å². The number of benzene rings is 1. The molecule has 0 atom stereocenters. The van der Waals surface area contributed by atoms with E-state index in [-0.39, 0.29) is 0 Å². The lowest BCUT2D eigenvalue weighted by atomic mass is 10.0. The molecule has 1 aliphatic heterocycles. The topological polar surface area (TPSA) is 77.8 Å². The Balaban J connectivity index is 1.93. The fourth-order valence-corrected chi connectivity index (χ4v) is 2.99. The molecule has 3 aromatic rings. The van der Waals surface area contributed by atoms with E-state index in [0.29, 0.717) is 18.8 Å². The lowest BCUT2D eigenvalue weighted by Gasteiger charge is -2.28. The molecule has 0 unspecified atom stereocenters. The Morgan fingerprint density at radius 2 is 1.96 bits per heavy atom. The maximum atomic E-state index is 9.39. The van der Waals surface area contributed by atoms with E-state index in [2.05, 4.69) is 25.9 Å². The van der Waals surface area contributed by atoms with E-state index in [1.807, 2.05) is 30.5 Å². The Hall–Kier alpha value is -2.91. The van der Waals surface area contributed by atoms with E-state index in [4.69, 9.17) is 4.74 Å². The number of H-pyrrole nitrogens is 1. The molecule has 114 valence electrons. The molecule has 0 radical (unpaired) electrons. The normalized spacial score (nSPS) is 14.8. The number of morpholine rings is 1. The van der Waals surface area contributed by atoms with E-state index in [1.54, 1.807) is 6.33 Å². The Morgan fingerprint density at radius 3 is 2.78 bits per heavy atom. The van der Waals surface area contributed by atoms with Crippen molar-refractivity contribution < 1.29 is 4.74 Å². The Labute approximate surface area is 133 Å². The van der Waals surface area contributed by atoms with Gasteiger partial charge in [-0.1, -0.05) is 18.2 Å². The van der Waals surface area contributed by atoms with E-state index in [0.717, 1.165) is 41.1 Å². The number of nitriles is 1. The van der Waals surface area contributed by atoms with E-state index < -0.39 is 0 Å². The zero-order valence-corrected chi connectivity index (χ0v) is 12.5. The van der Waals surface area contributed by atoms with Crippen LogP contribution in [-0.2, 0) is 4.74 Å². The van der Waals surface area contributed by atoms with Gasteiger partial charge in [0.05, 0.1) is 30.2 Å². The molecule has 6 nitrogen and oxygen atoms in total. The van der Waals surface area contributed by atoms with Crippen LogP contribution in [0.25, 0.3) is 22.2 Å². The second-order valence-corrected chi connectivity index (χ2v) is 5.38. The van der Waals surface area contributed by atoms with Crippen LogP contribution in [0.5, 0.6) is 0 Å². The Morgan fingerprint density at radius 1 is 1.13 bits per heavy atom. The molecule has 6 heteroatoms. The molecule has 3 heterocycles. The number of hydrogen-bond donors (Lipinski definition) is 1. The summed E-state index contributed by atoms with van der Waals surface area (Å²) in [6.45, 7) is 2.99. The van der Waals surface area contributed by atoms with Gasteiger partial charge in [0.1, 0.15) is 17.8 Å². The molecule has 1 saturated heterocycles. The van der Waals surface area contributed by atoms with Crippen LogP contribution < -0.4 is 4.90 Å². The van der Waals surface area contributed by atoms with Crippen molar-refractivity contribution in [2.45, 2.75) is 0 Å². The van der Waals surface area contributed by atoms with Crippen molar-refractivity contribution >= 4 is 16.9 Å². The van der Waals surface area contributed by atoms with Crippen LogP contribution in [0, 0.1) is 11.3 Å². The third-order valence-electron chi connectivity index (χ3n) is 4.10. The first-order valence-electron chi connectivity index (χ1n) is 7.53. The van der Waals surface area contributed by atoms with Crippen LogP contribution in [0.2, 0.25) is 0 Å². The van der Waals surface area contributed by atoms with Crippen molar-refractivity contribution in [3.63, 3.8) is 0 Å². The molecule has 2 aromatic heterocycles. The van der Waals surface area contributed by atoms with Gasteiger partial charge in [-0.05, 0) is 6.07 Å². The SMILES string of the molecule is N#Cc1ccccc1-c1c[nH]c2ncnc(N3CCOCC3)c12. The number of aromatic nitrogens is 3. The van der Waals surface area contributed by atoms with Gasteiger partial charge in [0, 0.05) is 30.4 Å². The molecule has 23 heavy (non-hydrogen) atoms. The average molecular weight is 305 g/mol. The van der Waals surface area contributed by atoms with Crippen molar-refractivity contribution in [2.75, 3.05) is 31.2 Å². The largest absolute Gasteiger partial charge is 0.378 e. The summed E-state index contributed by atoms with van der Waals surface area (Å²) < 4.78 is 5.43. The minimum atomic E-state index is 0.644. The van der Waals surface area contributed by atoms with E-state index >= 15 is 0 Å². The summed E-state index contributed by atoms with van der Waals surface area (Å²) in [5, 5.41) is 10.3. The van der Waals surface area contributed by atoms with Crippen molar-refractivity contribution in [3.8, 4) is 17.2 Å². The fourth-order valence-electron chi connectivity index (χ4n) is 2.99. The number of fused-ring (bicyclic) bond motifs is 1. The molecule has 0 spiro atoms. The highest BCUT2D eigenvalue weighted by molar-refractivity contribution is 6.02. The maximum absolute atomic E-state index is 9.39. The second kappa shape index (κ2) is 5.71. The molecule has 0 amide bonds. The Bertz CT molecular complexity index is 889.